The SMILES string of the molecule is CC(C)(C)[C@H](NCC(F)(F)F)c1nc(-c2ncn[nH]2)no1. The lowest BCUT2D eigenvalue weighted by atomic mass is 9.86. The van der Waals surface area contributed by atoms with Crippen LogP contribution in [-0.4, -0.2) is 38.0 Å². The normalized spacial score (nSPS) is 14.4. The van der Waals surface area contributed by atoms with E-state index in [0.29, 0.717) is 0 Å². The highest BCUT2D eigenvalue weighted by Gasteiger charge is 2.36. The largest absolute Gasteiger partial charge is 0.401 e. The second-order valence-electron chi connectivity index (χ2n) is 5.59. The average Bonchev–Trinajstić information content (AvgIpc) is 2.95. The number of rotatable bonds is 4. The van der Waals surface area contributed by atoms with Gasteiger partial charge in [-0.25, -0.2) is 4.98 Å². The van der Waals surface area contributed by atoms with E-state index in [1.54, 1.807) is 20.8 Å². The minimum absolute atomic E-state index is 0.0677. The number of aromatic nitrogens is 5. The Hall–Kier alpha value is -1.97. The van der Waals surface area contributed by atoms with Crippen molar-refractivity contribution >= 4 is 0 Å². The molecule has 2 heterocycles. The summed E-state index contributed by atoms with van der Waals surface area (Å²) in [6.07, 6.45) is -3.05. The highest BCUT2D eigenvalue weighted by Crippen LogP contribution is 2.33. The Morgan fingerprint density at radius 1 is 1.33 bits per heavy atom. The molecule has 2 N–H and O–H groups in total. The van der Waals surface area contributed by atoms with Crippen LogP contribution in [0, 0.1) is 5.41 Å². The summed E-state index contributed by atoms with van der Waals surface area (Å²) in [5.74, 6) is 0.497. The maximum Gasteiger partial charge on any atom is 0.401 e. The molecule has 0 aromatic carbocycles. The number of aromatic amines is 1. The highest BCUT2D eigenvalue weighted by atomic mass is 19.4. The number of hydrogen-bond acceptors (Lipinski definition) is 6. The van der Waals surface area contributed by atoms with Crippen LogP contribution in [0.3, 0.4) is 0 Å². The van der Waals surface area contributed by atoms with E-state index in [9.17, 15) is 13.2 Å². The van der Waals surface area contributed by atoms with Gasteiger partial charge < -0.3 is 4.52 Å². The Bertz CT molecular complexity index is 572. The van der Waals surface area contributed by atoms with E-state index in [0.717, 1.165) is 0 Å². The molecule has 0 fully saturated rings. The molecule has 0 unspecified atom stereocenters. The molecule has 0 aliphatic rings. The Morgan fingerprint density at radius 3 is 2.57 bits per heavy atom. The molecule has 0 aliphatic heterocycles. The molecule has 0 amide bonds. The first-order chi connectivity index (χ1) is 9.67. The molecular formula is C11H15F3N6O. The first-order valence-corrected chi connectivity index (χ1v) is 6.16. The molecule has 2 aromatic rings. The number of alkyl halides is 3. The quantitative estimate of drug-likeness (QED) is 0.898. The number of nitrogens with one attached hydrogen (secondary N) is 2. The van der Waals surface area contributed by atoms with E-state index in [1.807, 2.05) is 0 Å². The summed E-state index contributed by atoms with van der Waals surface area (Å²) in [6, 6.07) is -0.747. The zero-order valence-corrected chi connectivity index (χ0v) is 11.7. The van der Waals surface area contributed by atoms with Crippen molar-refractivity contribution in [3.8, 4) is 11.6 Å². The van der Waals surface area contributed by atoms with Gasteiger partial charge in [0.1, 0.15) is 6.33 Å². The Kier molecular flexibility index (Phi) is 3.99. The third kappa shape index (κ3) is 4.00. The minimum atomic E-state index is -4.32. The number of H-pyrrole nitrogens is 1. The van der Waals surface area contributed by atoms with E-state index in [1.165, 1.54) is 6.33 Å². The van der Waals surface area contributed by atoms with Gasteiger partial charge in [-0.1, -0.05) is 25.9 Å². The van der Waals surface area contributed by atoms with E-state index in [2.05, 4.69) is 30.6 Å². The van der Waals surface area contributed by atoms with Gasteiger partial charge in [0.25, 0.3) is 0 Å². The van der Waals surface area contributed by atoms with E-state index >= 15 is 0 Å². The van der Waals surface area contributed by atoms with Crippen LogP contribution in [0.1, 0.15) is 32.7 Å². The number of hydrogen-bond donors (Lipinski definition) is 2. The van der Waals surface area contributed by atoms with Gasteiger partial charge in [0.2, 0.25) is 11.7 Å². The van der Waals surface area contributed by atoms with Gasteiger partial charge in [0.15, 0.2) is 5.82 Å². The molecule has 0 bridgehead atoms. The molecular weight excluding hydrogens is 289 g/mol. The van der Waals surface area contributed by atoms with Crippen molar-refractivity contribution in [2.24, 2.45) is 5.41 Å². The molecule has 10 heteroatoms. The van der Waals surface area contributed by atoms with Crippen molar-refractivity contribution < 1.29 is 17.7 Å². The van der Waals surface area contributed by atoms with Gasteiger partial charge in [-0.15, -0.1) is 0 Å². The molecule has 0 aliphatic carbocycles. The third-order valence-corrected chi connectivity index (χ3v) is 2.69. The van der Waals surface area contributed by atoms with Gasteiger partial charge >= 0.3 is 6.18 Å². The molecule has 0 spiro atoms. The van der Waals surface area contributed by atoms with Crippen molar-refractivity contribution in [1.82, 2.24) is 30.6 Å². The van der Waals surface area contributed by atoms with Gasteiger partial charge in [-0.05, 0) is 5.41 Å². The maximum absolute atomic E-state index is 12.4. The molecule has 0 saturated carbocycles. The van der Waals surface area contributed by atoms with Crippen LogP contribution in [0.4, 0.5) is 13.2 Å². The number of nitrogens with zero attached hydrogens (tertiary/aromatic N) is 4. The lowest BCUT2D eigenvalue weighted by molar-refractivity contribution is -0.128. The van der Waals surface area contributed by atoms with Gasteiger partial charge in [0, 0.05) is 0 Å². The lowest BCUT2D eigenvalue weighted by Crippen LogP contribution is -2.38. The van der Waals surface area contributed by atoms with E-state index in [-0.39, 0.29) is 17.5 Å². The van der Waals surface area contributed by atoms with Crippen LogP contribution in [0.5, 0.6) is 0 Å². The van der Waals surface area contributed by atoms with Crippen molar-refractivity contribution in [1.29, 1.82) is 0 Å². The molecule has 2 rings (SSSR count). The summed E-state index contributed by atoms with van der Waals surface area (Å²) < 4.78 is 42.3. The minimum Gasteiger partial charge on any atom is -0.337 e. The van der Waals surface area contributed by atoms with Crippen LogP contribution < -0.4 is 5.32 Å². The lowest BCUT2D eigenvalue weighted by Gasteiger charge is -2.28. The summed E-state index contributed by atoms with van der Waals surface area (Å²) in [5, 5.41) is 12.3. The Labute approximate surface area is 118 Å². The molecule has 21 heavy (non-hydrogen) atoms. The van der Waals surface area contributed by atoms with E-state index < -0.39 is 24.2 Å². The zero-order chi connectivity index (χ0) is 15.7. The molecule has 1 atom stereocenters. The molecule has 7 nitrogen and oxygen atoms in total. The fraction of sp³-hybridized carbons (Fsp3) is 0.636. The van der Waals surface area contributed by atoms with Crippen LogP contribution in [0.15, 0.2) is 10.9 Å². The smallest absolute Gasteiger partial charge is 0.337 e. The average molecular weight is 304 g/mol. The fourth-order valence-electron chi connectivity index (χ4n) is 1.74. The second kappa shape index (κ2) is 5.43. The highest BCUT2D eigenvalue weighted by molar-refractivity contribution is 5.39. The fourth-order valence-corrected chi connectivity index (χ4v) is 1.74. The third-order valence-electron chi connectivity index (χ3n) is 2.69. The first kappa shape index (κ1) is 15.4. The topological polar surface area (TPSA) is 92.5 Å². The molecule has 2 aromatic heterocycles. The van der Waals surface area contributed by atoms with Crippen LogP contribution in [0.2, 0.25) is 0 Å². The Balaban J connectivity index is 2.21. The molecule has 116 valence electrons. The van der Waals surface area contributed by atoms with Crippen LogP contribution in [-0.2, 0) is 0 Å². The predicted octanol–water partition coefficient (Wildman–Crippen LogP) is 2.09. The predicted molar refractivity (Wildman–Crippen MR) is 65.9 cm³/mol. The molecule has 0 radical (unpaired) electrons. The van der Waals surface area contributed by atoms with Crippen molar-refractivity contribution in [3.63, 3.8) is 0 Å². The Morgan fingerprint density at radius 2 is 2.05 bits per heavy atom. The summed E-state index contributed by atoms with van der Waals surface area (Å²) in [7, 11) is 0. The summed E-state index contributed by atoms with van der Waals surface area (Å²) in [5.41, 5.74) is -0.545. The first-order valence-electron chi connectivity index (χ1n) is 6.16. The summed E-state index contributed by atoms with van der Waals surface area (Å²) >= 11 is 0. The maximum atomic E-state index is 12.4. The number of halogens is 3. The summed E-state index contributed by atoms with van der Waals surface area (Å²) in [4.78, 5) is 7.93. The van der Waals surface area contributed by atoms with Crippen LogP contribution in [0.25, 0.3) is 11.6 Å². The molecule has 0 saturated heterocycles. The van der Waals surface area contributed by atoms with Gasteiger partial charge in [-0.3, -0.25) is 10.4 Å². The van der Waals surface area contributed by atoms with Crippen molar-refractivity contribution in [3.05, 3.63) is 12.2 Å². The van der Waals surface area contributed by atoms with Crippen LogP contribution >= 0.6 is 0 Å². The van der Waals surface area contributed by atoms with Gasteiger partial charge in [0.05, 0.1) is 12.6 Å². The standard InChI is InChI=1S/C11H15F3N6O/c1-10(2,3)6(15-4-11(12,13)14)9-18-8(20-21-9)7-16-5-17-19-7/h5-6,15H,4H2,1-3H3,(H,16,17,19)/t6-/m1/s1. The van der Waals surface area contributed by atoms with Gasteiger partial charge in [-0.2, -0.15) is 23.3 Å². The van der Waals surface area contributed by atoms with Crippen molar-refractivity contribution in [2.75, 3.05) is 6.54 Å². The van der Waals surface area contributed by atoms with E-state index in [4.69, 9.17) is 4.52 Å². The zero-order valence-electron chi connectivity index (χ0n) is 11.7. The van der Waals surface area contributed by atoms with Crippen molar-refractivity contribution in [2.45, 2.75) is 33.0 Å². The second-order valence-corrected chi connectivity index (χ2v) is 5.59. The summed E-state index contributed by atoms with van der Waals surface area (Å²) in [6.45, 7) is 4.19. The monoisotopic (exact) mass is 304 g/mol.